The number of rotatable bonds is 10. The Kier molecular flexibility index (Phi) is 7.77. The molecule has 3 atom stereocenters. The summed E-state index contributed by atoms with van der Waals surface area (Å²) in [6.45, 7) is 6.82. The number of hydroxylamine groups is 2. The van der Waals surface area contributed by atoms with Crippen molar-refractivity contribution in [2.24, 2.45) is 5.92 Å². The first kappa shape index (κ1) is 17.1. The molecule has 116 valence electrons. The molecule has 0 bridgehead atoms. The van der Waals surface area contributed by atoms with Gasteiger partial charge in [0.25, 0.3) is 0 Å². The van der Waals surface area contributed by atoms with E-state index in [1.807, 2.05) is 0 Å². The molecule has 1 fully saturated rings. The Morgan fingerprint density at radius 2 is 2.10 bits per heavy atom. The molecule has 0 aliphatic carbocycles. The first-order valence-corrected chi connectivity index (χ1v) is 7.59. The zero-order valence-electron chi connectivity index (χ0n) is 12.8. The largest absolute Gasteiger partial charge is 0.365 e. The Morgan fingerprint density at radius 3 is 2.60 bits per heavy atom. The zero-order chi connectivity index (χ0) is 15.0. The summed E-state index contributed by atoms with van der Waals surface area (Å²) in [5, 5.41) is 1.40. The van der Waals surface area contributed by atoms with Gasteiger partial charge >= 0.3 is 0 Å². The summed E-state index contributed by atoms with van der Waals surface area (Å²) in [7, 11) is 0. The van der Waals surface area contributed by atoms with Crippen molar-refractivity contribution in [2.45, 2.75) is 71.1 Å². The van der Waals surface area contributed by atoms with E-state index in [9.17, 15) is 9.59 Å². The lowest BCUT2D eigenvalue weighted by molar-refractivity contribution is -0.203. The van der Waals surface area contributed by atoms with Gasteiger partial charge in [0.05, 0.1) is 18.8 Å². The van der Waals surface area contributed by atoms with Crippen LogP contribution in [0.2, 0.25) is 0 Å². The number of carbonyl (C=O) groups is 2. The predicted octanol–water partition coefficient (Wildman–Crippen LogP) is 2.34. The maximum atomic E-state index is 11.3. The van der Waals surface area contributed by atoms with Crippen LogP contribution >= 0.6 is 0 Å². The van der Waals surface area contributed by atoms with Gasteiger partial charge in [0.2, 0.25) is 6.41 Å². The second-order valence-corrected chi connectivity index (χ2v) is 5.78. The van der Waals surface area contributed by atoms with E-state index in [2.05, 4.69) is 20.8 Å². The number of nitrogens with zero attached hydrogens (tertiary/aromatic N) is 1. The molecule has 20 heavy (non-hydrogen) atoms. The van der Waals surface area contributed by atoms with Crippen molar-refractivity contribution in [1.82, 2.24) is 5.06 Å². The molecule has 0 spiro atoms. The van der Waals surface area contributed by atoms with Crippen molar-refractivity contribution in [3.63, 3.8) is 0 Å². The Labute approximate surface area is 121 Å². The van der Waals surface area contributed by atoms with E-state index in [0.29, 0.717) is 12.5 Å². The Morgan fingerprint density at radius 1 is 1.35 bits per heavy atom. The molecule has 0 aromatic carbocycles. The number of aldehydes is 1. The highest BCUT2D eigenvalue weighted by molar-refractivity contribution is 5.56. The van der Waals surface area contributed by atoms with Crippen molar-refractivity contribution >= 4 is 12.7 Å². The molecule has 1 aliphatic rings. The third-order valence-corrected chi connectivity index (χ3v) is 3.55. The van der Waals surface area contributed by atoms with Gasteiger partial charge in [-0.3, -0.25) is 9.63 Å². The first-order chi connectivity index (χ1) is 9.62. The Hall–Kier alpha value is -0.940. The van der Waals surface area contributed by atoms with Gasteiger partial charge in [-0.2, -0.15) is 0 Å². The minimum atomic E-state index is -0.334. The van der Waals surface area contributed by atoms with E-state index in [4.69, 9.17) is 9.57 Å². The third kappa shape index (κ3) is 5.21. The van der Waals surface area contributed by atoms with Gasteiger partial charge in [0, 0.05) is 0 Å². The highest BCUT2D eigenvalue weighted by Crippen LogP contribution is 2.27. The van der Waals surface area contributed by atoms with Gasteiger partial charge in [-0.25, -0.2) is 5.06 Å². The lowest BCUT2D eigenvalue weighted by Crippen LogP contribution is -2.44. The molecule has 5 heteroatoms. The molecule has 1 heterocycles. The number of hydrogen-bond donors (Lipinski definition) is 0. The van der Waals surface area contributed by atoms with E-state index >= 15 is 0 Å². The quantitative estimate of drug-likeness (QED) is 0.351. The lowest BCUT2D eigenvalue weighted by Gasteiger charge is -2.32. The third-order valence-electron chi connectivity index (χ3n) is 3.55. The van der Waals surface area contributed by atoms with Crippen LogP contribution in [0.4, 0.5) is 0 Å². The summed E-state index contributed by atoms with van der Waals surface area (Å²) < 4.78 is 5.71. The molecule has 1 rings (SSSR count). The van der Waals surface area contributed by atoms with Crippen LogP contribution in [0.3, 0.4) is 0 Å². The topological polar surface area (TPSA) is 55.8 Å². The maximum Gasteiger partial charge on any atom is 0.233 e. The van der Waals surface area contributed by atoms with Crippen molar-refractivity contribution in [3.8, 4) is 0 Å². The molecule has 0 aromatic heterocycles. The second-order valence-electron chi connectivity index (χ2n) is 5.78. The number of ether oxygens (including phenoxy) is 1. The van der Waals surface area contributed by atoms with Crippen LogP contribution in [0.25, 0.3) is 0 Å². The standard InChI is InChI=1S/C15H27NO4/c1-4-5-8-19-16(11-18)14(9-12(2)3)15-7-6-13(10-17)20-15/h10-15H,4-9H2,1-3H3/t13?,14-,15-/m0/s1. The summed E-state index contributed by atoms with van der Waals surface area (Å²) in [5.74, 6) is 0.427. The van der Waals surface area contributed by atoms with Gasteiger partial charge in [0.15, 0.2) is 0 Å². The maximum absolute atomic E-state index is 11.3. The van der Waals surface area contributed by atoms with Gasteiger partial charge in [0.1, 0.15) is 12.4 Å². The highest BCUT2D eigenvalue weighted by Gasteiger charge is 2.35. The highest BCUT2D eigenvalue weighted by atomic mass is 16.7. The van der Waals surface area contributed by atoms with Gasteiger partial charge in [-0.05, 0) is 31.6 Å². The fraction of sp³-hybridized carbons (Fsp3) is 0.867. The van der Waals surface area contributed by atoms with E-state index in [1.54, 1.807) is 0 Å². The van der Waals surface area contributed by atoms with Crippen LogP contribution in [0.5, 0.6) is 0 Å². The minimum absolute atomic E-state index is 0.112. The van der Waals surface area contributed by atoms with Crippen LogP contribution in [0.1, 0.15) is 52.9 Å². The lowest BCUT2D eigenvalue weighted by atomic mass is 9.97. The Bertz CT molecular complexity index is 296. The molecule has 1 aliphatic heterocycles. The van der Waals surface area contributed by atoms with Gasteiger partial charge in [-0.15, -0.1) is 0 Å². The van der Waals surface area contributed by atoms with Gasteiger partial charge < -0.3 is 9.53 Å². The minimum Gasteiger partial charge on any atom is -0.365 e. The summed E-state index contributed by atoms with van der Waals surface area (Å²) >= 11 is 0. The van der Waals surface area contributed by atoms with Crippen LogP contribution in [-0.2, 0) is 19.2 Å². The number of carbonyl (C=O) groups excluding carboxylic acids is 2. The summed E-state index contributed by atoms with van der Waals surface area (Å²) in [6, 6.07) is -0.116. The normalized spacial score (nSPS) is 23.8. The average Bonchev–Trinajstić information content (AvgIpc) is 2.90. The predicted molar refractivity (Wildman–Crippen MR) is 76.0 cm³/mol. The molecule has 5 nitrogen and oxygen atoms in total. The number of unbranched alkanes of at least 4 members (excludes halogenated alkanes) is 1. The van der Waals surface area contributed by atoms with Crippen LogP contribution in [0, 0.1) is 5.92 Å². The van der Waals surface area contributed by atoms with Crippen molar-refractivity contribution in [1.29, 1.82) is 0 Å². The average molecular weight is 285 g/mol. The van der Waals surface area contributed by atoms with Crippen molar-refractivity contribution in [3.05, 3.63) is 0 Å². The molecular weight excluding hydrogens is 258 g/mol. The molecule has 0 saturated carbocycles. The molecule has 1 unspecified atom stereocenters. The summed E-state index contributed by atoms with van der Waals surface area (Å²) in [4.78, 5) is 27.7. The fourth-order valence-corrected chi connectivity index (χ4v) is 2.49. The fourth-order valence-electron chi connectivity index (χ4n) is 2.49. The zero-order valence-corrected chi connectivity index (χ0v) is 12.8. The van der Waals surface area contributed by atoms with Crippen molar-refractivity contribution in [2.75, 3.05) is 6.61 Å². The van der Waals surface area contributed by atoms with E-state index in [-0.39, 0.29) is 18.2 Å². The van der Waals surface area contributed by atoms with Crippen LogP contribution in [-0.4, -0.2) is 42.6 Å². The van der Waals surface area contributed by atoms with E-state index in [0.717, 1.165) is 44.8 Å². The number of amides is 1. The molecule has 0 N–H and O–H groups in total. The first-order valence-electron chi connectivity index (χ1n) is 7.59. The van der Waals surface area contributed by atoms with E-state index in [1.165, 1.54) is 5.06 Å². The monoisotopic (exact) mass is 285 g/mol. The molecule has 0 aromatic rings. The molecular formula is C15H27NO4. The van der Waals surface area contributed by atoms with Crippen LogP contribution in [0.15, 0.2) is 0 Å². The van der Waals surface area contributed by atoms with E-state index < -0.39 is 0 Å². The van der Waals surface area contributed by atoms with Crippen molar-refractivity contribution < 1.29 is 19.2 Å². The second kappa shape index (κ2) is 9.08. The molecule has 0 radical (unpaired) electrons. The van der Waals surface area contributed by atoms with Gasteiger partial charge in [-0.1, -0.05) is 27.2 Å². The van der Waals surface area contributed by atoms with Crippen LogP contribution < -0.4 is 0 Å². The SMILES string of the molecule is CCCCON(C=O)[C@@H](CC(C)C)[C@@H]1CCC(C=O)O1. The number of hydrogen-bond acceptors (Lipinski definition) is 4. The molecule has 1 saturated heterocycles. The smallest absolute Gasteiger partial charge is 0.233 e. The molecule has 1 amide bonds. The summed E-state index contributed by atoms with van der Waals surface area (Å²) in [5.41, 5.74) is 0. The summed E-state index contributed by atoms with van der Waals surface area (Å²) in [6.07, 6.45) is 5.40. The Balaban J connectivity index is 2.65.